The average Bonchev–Trinajstić information content (AvgIpc) is 4.12. The summed E-state index contributed by atoms with van der Waals surface area (Å²) in [6.07, 6.45) is 7.61. The summed E-state index contributed by atoms with van der Waals surface area (Å²) >= 11 is -1.77. The number of fused-ring (bicyclic) bond motifs is 6. The van der Waals surface area contributed by atoms with E-state index >= 15 is 0 Å². The Morgan fingerprint density at radius 3 is 2.10 bits per heavy atom. The molecule has 10 aromatic rings. The summed E-state index contributed by atoms with van der Waals surface area (Å²) < 4.78 is 23.5. The standard InChI is InChI=1S/C44H34N3O.C18H19FGeN.Ir/c1-27(2)37-24-33(32-20-18-31(19-21-32)30-11-6-5-7-12-30)25-38(28(3)4)42(37)47-40-16-9-8-15-39(40)46-44(47)36-14-10-13-35-34-22-17-29(26-45)23-41(34)48-43(35)36;19-16-7-5-14(6-8-16)18-12-15-4-3-11-20(9-1-2-10-20)17(15)13-21-18;/h5-13,15-25,27-28H,1-4H3;5,7-8,12-13H,1-4,9-11H2;/q2*-1;. The predicted octanol–water partition coefficient (Wildman–Crippen LogP) is 15.9. The second kappa shape index (κ2) is 19.8. The number of hydrogen-bond donors (Lipinski definition) is 0. The Hall–Kier alpha value is -6.43. The zero-order valence-corrected chi connectivity index (χ0v) is 44.4. The van der Waals surface area contributed by atoms with Crippen molar-refractivity contribution in [2.24, 2.45) is 0 Å². The number of para-hydroxylation sites is 2. The van der Waals surface area contributed by atoms with Crippen LogP contribution in [0.5, 0.6) is 0 Å². The van der Waals surface area contributed by atoms with Crippen LogP contribution < -0.4 is 4.40 Å². The molecule has 0 atom stereocenters. The zero-order valence-electron chi connectivity index (χ0n) is 39.9. The van der Waals surface area contributed by atoms with E-state index in [1.165, 1.54) is 92.5 Å². The van der Waals surface area contributed by atoms with Crippen LogP contribution in [0.15, 0.2) is 156 Å². The van der Waals surface area contributed by atoms with Gasteiger partial charge in [0.1, 0.15) is 5.58 Å². The van der Waals surface area contributed by atoms with Gasteiger partial charge in [-0.3, -0.25) is 4.98 Å². The maximum atomic E-state index is 13.0. The smallest absolute Gasteiger partial charge is 0 e. The molecule has 2 aliphatic rings. The van der Waals surface area contributed by atoms with Crippen LogP contribution in [0.1, 0.15) is 81.0 Å². The van der Waals surface area contributed by atoms with Crippen molar-refractivity contribution >= 4 is 50.6 Å². The molecule has 2 aliphatic heterocycles. The monoisotopic (exact) mass is 1160 g/mol. The summed E-state index contributed by atoms with van der Waals surface area (Å²) in [5.41, 5.74) is 16.6. The van der Waals surface area contributed by atoms with Gasteiger partial charge in [-0.05, 0) is 81.6 Å². The molecule has 1 spiro atoms. The molecular formula is C62H53FGeIrN4O-2. The third-order valence-corrected chi connectivity index (χ3v) is 26.2. The van der Waals surface area contributed by atoms with Gasteiger partial charge in [-0.25, -0.2) is 0 Å². The van der Waals surface area contributed by atoms with Crippen molar-refractivity contribution in [2.75, 3.05) is 0 Å². The maximum Gasteiger partial charge on any atom is 0 e. The fourth-order valence-electron chi connectivity index (χ4n) is 11.1. The van der Waals surface area contributed by atoms with Crippen molar-refractivity contribution in [3.05, 3.63) is 192 Å². The van der Waals surface area contributed by atoms with Crippen molar-refractivity contribution in [2.45, 2.75) is 81.0 Å². The second-order valence-corrected chi connectivity index (χ2v) is 29.2. The number of halogens is 1. The number of aromatic nitrogens is 3. The van der Waals surface area contributed by atoms with Gasteiger partial charge in [-0.2, -0.15) is 5.26 Å². The van der Waals surface area contributed by atoms with E-state index in [0.29, 0.717) is 16.7 Å². The molecule has 5 heterocycles. The van der Waals surface area contributed by atoms with E-state index in [1.54, 1.807) is 16.5 Å². The minimum Gasteiger partial charge on any atom is 0 e. The van der Waals surface area contributed by atoms with Crippen molar-refractivity contribution in [3.63, 3.8) is 0 Å². The summed E-state index contributed by atoms with van der Waals surface area (Å²) in [7, 11) is 0. The molecule has 7 aromatic carbocycles. The van der Waals surface area contributed by atoms with Crippen LogP contribution in [0.2, 0.25) is 15.8 Å². The number of imidazole rings is 1. The van der Waals surface area contributed by atoms with Gasteiger partial charge in [0.25, 0.3) is 0 Å². The number of benzene rings is 7. The first-order chi connectivity index (χ1) is 33.7. The Bertz CT molecular complexity index is 3540. The van der Waals surface area contributed by atoms with E-state index in [0.717, 1.165) is 50.1 Å². The van der Waals surface area contributed by atoms with Gasteiger partial charge in [-0.15, -0.1) is 18.2 Å². The molecule has 0 N–H and O–H groups in total. The van der Waals surface area contributed by atoms with Crippen molar-refractivity contribution in [1.82, 2.24) is 14.5 Å². The Labute approximate surface area is 426 Å². The first kappa shape index (κ1) is 47.3. The molecule has 5 nitrogen and oxygen atoms in total. The third kappa shape index (κ3) is 8.76. The molecule has 0 unspecified atom stereocenters. The topological polar surface area (TPSA) is 67.6 Å². The van der Waals surface area contributed by atoms with Crippen LogP contribution in [-0.2, 0) is 26.5 Å². The summed E-state index contributed by atoms with van der Waals surface area (Å²) in [5, 5.41) is 16.0. The fourth-order valence-corrected chi connectivity index (χ4v) is 22.6. The molecule has 8 heteroatoms. The minimum absolute atomic E-state index is 0. The van der Waals surface area contributed by atoms with Crippen LogP contribution in [-0.4, -0.2) is 27.8 Å². The van der Waals surface area contributed by atoms with Crippen molar-refractivity contribution < 1.29 is 28.9 Å². The Kier molecular flexibility index (Phi) is 13.3. The number of rotatable bonds is 7. The molecule has 12 rings (SSSR count). The van der Waals surface area contributed by atoms with Crippen LogP contribution in [0.25, 0.3) is 83.6 Å². The van der Waals surface area contributed by atoms with E-state index in [2.05, 4.69) is 148 Å². The van der Waals surface area contributed by atoms with Crippen LogP contribution in [0, 0.1) is 29.3 Å². The third-order valence-electron chi connectivity index (χ3n) is 14.6. The zero-order chi connectivity index (χ0) is 47.2. The van der Waals surface area contributed by atoms with Gasteiger partial charge in [0.05, 0.1) is 34.1 Å². The molecule has 1 saturated heterocycles. The maximum absolute atomic E-state index is 13.0. The van der Waals surface area contributed by atoms with Crippen LogP contribution in [0.4, 0.5) is 4.39 Å². The Morgan fingerprint density at radius 1 is 0.714 bits per heavy atom. The summed E-state index contributed by atoms with van der Waals surface area (Å²) in [6.45, 7) is 9.07. The number of furan rings is 1. The molecular weight excluding hydrogens is 1100 g/mol. The fraction of sp³-hybridized carbons (Fsp3) is 0.210. The van der Waals surface area contributed by atoms with E-state index < -0.39 is 13.3 Å². The van der Waals surface area contributed by atoms with E-state index in [-0.39, 0.29) is 37.8 Å². The van der Waals surface area contributed by atoms with Gasteiger partial charge >= 0.3 is 128 Å². The summed E-state index contributed by atoms with van der Waals surface area (Å²) in [4.78, 5) is 9.96. The second-order valence-electron chi connectivity index (χ2n) is 19.5. The molecule has 70 heavy (non-hydrogen) atoms. The first-order valence-electron chi connectivity index (χ1n) is 24.4. The molecule has 349 valence electrons. The summed E-state index contributed by atoms with van der Waals surface area (Å²) in [5.74, 6) is 1.03. The minimum atomic E-state index is -1.77. The average molecular weight is 1150 g/mol. The van der Waals surface area contributed by atoms with Gasteiger partial charge in [0, 0.05) is 31.2 Å². The number of pyridine rings is 1. The van der Waals surface area contributed by atoms with E-state index in [1.807, 2.05) is 30.3 Å². The van der Waals surface area contributed by atoms with Crippen molar-refractivity contribution in [3.8, 4) is 56.7 Å². The van der Waals surface area contributed by atoms with E-state index in [9.17, 15) is 9.65 Å². The quantitative estimate of drug-likeness (QED) is 0.118. The largest absolute Gasteiger partial charge is 0 e. The van der Waals surface area contributed by atoms with Gasteiger partial charge < -0.3 is 8.98 Å². The molecule has 0 amide bonds. The van der Waals surface area contributed by atoms with Gasteiger partial charge in [0.15, 0.2) is 0 Å². The molecule has 0 bridgehead atoms. The first-order valence-corrected chi connectivity index (χ1v) is 29.9. The number of nitrogens with zero attached hydrogens (tertiary/aromatic N) is 4. The Morgan fingerprint density at radius 2 is 1.40 bits per heavy atom. The van der Waals surface area contributed by atoms with Gasteiger partial charge in [0.2, 0.25) is 0 Å². The summed E-state index contributed by atoms with van der Waals surface area (Å²) in [6, 6.07) is 57.7. The van der Waals surface area contributed by atoms with Gasteiger partial charge in [-0.1, -0.05) is 111 Å². The molecule has 0 saturated carbocycles. The Balaban J connectivity index is 0.000000215. The molecule has 1 fully saturated rings. The van der Waals surface area contributed by atoms with Crippen LogP contribution >= 0.6 is 0 Å². The number of hydrogen-bond acceptors (Lipinski definition) is 4. The molecule has 1 radical (unpaired) electrons. The number of aryl methyl sites for hydroxylation is 1. The normalized spacial score (nSPS) is 13.9. The van der Waals surface area contributed by atoms with Crippen LogP contribution in [0.3, 0.4) is 0 Å². The SMILES string of the molecule is CC(C)c1cc(-c2ccc(-c3ccccc3)cc2)cc(C(C)C)c1-n1c(-c2[c-]ccc3c2oc2cc(C#N)ccc23)nc2ccccc21.Fc1c[c-]c(-c2cc3[c](cn2)[Ge]2([CH2]CC[CH2]2)[CH2]CC3)cc1.[Ir]. The molecule has 0 aliphatic carbocycles. The van der Waals surface area contributed by atoms with Crippen molar-refractivity contribution in [1.29, 1.82) is 5.26 Å². The predicted molar refractivity (Wildman–Crippen MR) is 282 cm³/mol. The van der Waals surface area contributed by atoms with E-state index in [4.69, 9.17) is 14.4 Å². The molecule has 3 aromatic heterocycles. The number of nitriles is 1.